The summed E-state index contributed by atoms with van der Waals surface area (Å²) >= 11 is 0. The lowest BCUT2D eigenvalue weighted by atomic mass is 10.4. The number of sulfone groups is 1. The van der Waals surface area contributed by atoms with Crippen LogP contribution in [0.2, 0.25) is 0 Å². The van der Waals surface area contributed by atoms with E-state index in [0.717, 1.165) is 6.26 Å². The Morgan fingerprint density at radius 1 is 1.29 bits per heavy atom. The Morgan fingerprint density at radius 3 is 2.35 bits per heavy atom. The molecule has 0 bridgehead atoms. The zero-order valence-corrected chi connectivity index (χ0v) is 11.1. The first-order valence-electron chi connectivity index (χ1n) is 5.00. The number of hydrogen-bond donors (Lipinski definition) is 0. The third kappa shape index (κ3) is 4.29. The van der Waals surface area contributed by atoms with Gasteiger partial charge in [-0.15, -0.1) is 0 Å². The monoisotopic (exact) mass is 271 g/mol. The van der Waals surface area contributed by atoms with E-state index in [0.29, 0.717) is 23.5 Å². The standard InChI is InChI=1S/C11H13NO3S2/c1-17(14,15)11-6-4-10(5-7-11)16(13)9-3-2-8-12/h4-7H,2-3,9H2,1H3. The second-order valence-electron chi connectivity index (χ2n) is 3.55. The predicted molar refractivity (Wildman–Crippen MR) is 65.7 cm³/mol. The van der Waals surface area contributed by atoms with Gasteiger partial charge in [0, 0.05) is 23.3 Å². The molecule has 0 fully saturated rings. The minimum absolute atomic E-state index is 0.218. The highest BCUT2D eigenvalue weighted by atomic mass is 32.2. The molecule has 1 atom stereocenters. The van der Waals surface area contributed by atoms with Gasteiger partial charge >= 0.3 is 0 Å². The number of rotatable bonds is 5. The molecule has 0 heterocycles. The minimum atomic E-state index is -3.21. The Bertz CT molecular complexity index is 541. The first-order valence-corrected chi connectivity index (χ1v) is 8.21. The van der Waals surface area contributed by atoms with E-state index in [-0.39, 0.29) is 4.90 Å². The van der Waals surface area contributed by atoms with Crippen LogP contribution in [0.3, 0.4) is 0 Å². The van der Waals surface area contributed by atoms with Crippen molar-refractivity contribution in [2.24, 2.45) is 0 Å². The molecule has 0 aliphatic carbocycles. The van der Waals surface area contributed by atoms with Gasteiger partial charge in [0.15, 0.2) is 9.84 Å². The van der Waals surface area contributed by atoms with Gasteiger partial charge in [0.25, 0.3) is 0 Å². The number of nitrogens with zero attached hydrogens (tertiary/aromatic N) is 1. The average Bonchev–Trinajstić information content (AvgIpc) is 2.28. The van der Waals surface area contributed by atoms with Crippen molar-refractivity contribution in [1.29, 1.82) is 5.26 Å². The average molecular weight is 271 g/mol. The van der Waals surface area contributed by atoms with Crippen LogP contribution in [0.4, 0.5) is 0 Å². The van der Waals surface area contributed by atoms with Crippen LogP contribution in [0, 0.1) is 11.3 Å². The Kier molecular flexibility index (Phi) is 4.85. The van der Waals surface area contributed by atoms with Crippen molar-refractivity contribution < 1.29 is 12.6 Å². The van der Waals surface area contributed by atoms with Crippen molar-refractivity contribution in [1.82, 2.24) is 0 Å². The number of benzene rings is 1. The molecule has 1 aromatic carbocycles. The van der Waals surface area contributed by atoms with Gasteiger partial charge in [-0.3, -0.25) is 4.21 Å². The fourth-order valence-corrected chi connectivity index (χ4v) is 2.95. The summed E-state index contributed by atoms with van der Waals surface area (Å²) in [5.41, 5.74) is 0. The van der Waals surface area contributed by atoms with Gasteiger partial charge in [-0.25, -0.2) is 8.42 Å². The Balaban J connectivity index is 2.75. The maximum absolute atomic E-state index is 11.7. The molecule has 17 heavy (non-hydrogen) atoms. The molecular weight excluding hydrogens is 258 g/mol. The first kappa shape index (κ1) is 13.9. The van der Waals surface area contributed by atoms with Crippen LogP contribution in [-0.4, -0.2) is 24.6 Å². The van der Waals surface area contributed by atoms with Crippen LogP contribution in [0.25, 0.3) is 0 Å². The summed E-state index contributed by atoms with van der Waals surface area (Å²) in [5, 5.41) is 8.36. The molecule has 0 saturated carbocycles. The van der Waals surface area contributed by atoms with E-state index in [4.69, 9.17) is 5.26 Å². The van der Waals surface area contributed by atoms with Crippen molar-refractivity contribution in [3.05, 3.63) is 24.3 Å². The van der Waals surface area contributed by atoms with Crippen molar-refractivity contribution in [2.75, 3.05) is 12.0 Å². The molecule has 4 nitrogen and oxygen atoms in total. The van der Waals surface area contributed by atoms with E-state index in [1.165, 1.54) is 12.1 Å². The molecular formula is C11H13NO3S2. The summed E-state index contributed by atoms with van der Waals surface area (Å²) in [6, 6.07) is 8.00. The van der Waals surface area contributed by atoms with Gasteiger partial charge in [-0.1, -0.05) is 0 Å². The van der Waals surface area contributed by atoms with Gasteiger partial charge < -0.3 is 0 Å². The maximum atomic E-state index is 11.7. The van der Waals surface area contributed by atoms with E-state index >= 15 is 0 Å². The van der Waals surface area contributed by atoms with E-state index in [2.05, 4.69) is 0 Å². The van der Waals surface area contributed by atoms with E-state index in [1.807, 2.05) is 6.07 Å². The molecule has 0 radical (unpaired) electrons. The number of nitriles is 1. The molecule has 0 saturated heterocycles. The molecule has 0 aliphatic rings. The van der Waals surface area contributed by atoms with Gasteiger partial charge in [-0.2, -0.15) is 5.26 Å². The van der Waals surface area contributed by atoms with Gasteiger partial charge in [-0.05, 0) is 30.7 Å². The summed E-state index contributed by atoms with van der Waals surface area (Å²) in [5.74, 6) is 0.422. The summed E-state index contributed by atoms with van der Waals surface area (Å²) in [6.07, 6.45) is 2.09. The van der Waals surface area contributed by atoms with Gasteiger partial charge in [0.1, 0.15) is 0 Å². The second kappa shape index (κ2) is 5.94. The molecule has 0 aliphatic heterocycles. The summed E-state index contributed by atoms with van der Waals surface area (Å²) in [6.45, 7) is 0. The van der Waals surface area contributed by atoms with E-state index < -0.39 is 20.6 Å². The lowest BCUT2D eigenvalue weighted by Gasteiger charge is -2.02. The van der Waals surface area contributed by atoms with Gasteiger partial charge in [0.05, 0.1) is 21.8 Å². The SMILES string of the molecule is CS(=O)(=O)c1ccc(S(=O)CCCC#N)cc1. The first-order chi connectivity index (χ1) is 7.95. The van der Waals surface area contributed by atoms with Crippen molar-refractivity contribution in [3.63, 3.8) is 0 Å². The minimum Gasteiger partial charge on any atom is -0.254 e. The normalized spacial score (nSPS) is 12.9. The largest absolute Gasteiger partial charge is 0.254 e. The molecule has 0 aromatic heterocycles. The second-order valence-corrected chi connectivity index (χ2v) is 7.14. The molecule has 6 heteroatoms. The highest BCUT2D eigenvalue weighted by Crippen LogP contribution is 2.13. The Morgan fingerprint density at radius 2 is 1.88 bits per heavy atom. The van der Waals surface area contributed by atoms with Gasteiger partial charge in [0.2, 0.25) is 0 Å². The fraction of sp³-hybridized carbons (Fsp3) is 0.364. The molecule has 0 spiro atoms. The smallest absolute Gasteiger partial charge is 0.175 e. The zero-order valence-electron chi connectivity index (χ0n) is 9.42. The molecule has 1 unspecified atom stereocenters. The summed E-state index contributed by atoms with van der Waals surface area (Å²) in [7, 11) is -4.37. The van der Waals surface area contributed by atoms with Crippen molar-refractivity contribution in [3.8, 4) is 6.07 Å². The van der Waals surface area contributed by atoms with E-state index in [1.54, 1.807) is 12.1 Å². The molecule has 0 N–H and O–H groups in total. The predicted octanol–water partition coefficient (Wildman–Crippen LogP) is 1.50. The lowest BCUT2D eigenvalue weighted by molar-refractivity contribution is 0.601. The topological polar surface area (TPSA) is 75.0 Å². The van der Waals surface area contributed by atoms with Crippen LogP contribution in [0.5, 0.6) is 0 Å². The van der Waals surface area contributed by atoms with Crippen LogP contribution in [0.1, 0.15) is 12.8 Å². The van der Waals surface area contributed by atoms with E-state index in [9.17, 15) is 12.6 Å². The lowest BCUT2D eigenvalue weighted by Crippen LogP contribution is -2.00. The number of hydrogen-bond acceptors (Lipinski definition) is 4. The highest BCUT2D eigenvalue weighted by molar-refractivity contribution is 7.90. The Hall–Kier alpha value is -1.19. The number of unbranched alkanes of at least 4 members (excludes halogenated alkanes) is 1. The van der Waals surface area contributed by atoms with Crippen LogP contribution >= 0.6 is 0 Å². The summed E-state index contributed by atoms with van der Waals surface area (Å²) < 4.78 is 34.2. The summed E-state index contributed by atoms with van der Waals surface area (Å²) in [4.78, 5) is 0.811. The Labute approximate surface area is 104 Å². The quantitative estimate of drug-likeness (QED) is 0.761. The van der Waals surface area contributed by atoms with Crippen molar-refractivity contribution >= 4 is 20.6 Å². The zero-order chi connectivity index (χ0) is 12.9. The van der Waals surface area contributed by atoms with Crippen molar-refractivity contribution in [2.45, 2.75) is 22.6 Å². The third-order valence-electron chi connectivity index (χ3n) is 2.13. The molecule has 1 aromatic rings. The highest BCUT2D eigenvalue weighted by Gasteiger charge is 2.08. The van der Waals surface area contributed by atoms with Crippen LogP contribution in [0.15, 0.2) is 34.1 Å². The maximum Gasteiger partial charge on any atom is 0.175 e. The molecule has 1 rings (SSSR count). The van der Waals surface area contributed by atoms with Crippen LogP contribution < -0.4 is 0 Å². The fourth-order valence-electron chi connectivity index (χ4n) is 1.24. The molecule has 92 valence electrons. The van der Waals surface area contributed by atoms with Crippen LogP contribution in [-0.2, 0) is 20.6 Å². The molecule has 0 amide bonds. The third-order valence-corrected chi connectivity index (χ3v) is 4.72.